The normalized spacial score (nSPS) is 18.1. The Kier molecular flexibility index (Phi) is 16.0. The molecule has 198 valence electrons. The Balaban J connectivity index is 2.91. The first kappa shape index (κ1) is 30.5. The summed E-state index contributed by atoms with van der Waals surface area (Å²) < 4.78 is 6.21. The molecule has 5 N–H and O–H groups in total. The van der Waals surface area contributed by atoms with Crippen LogP contribution in [0.4, 0.5) is 0 Å². The van der Waals surface area contributed by atoms with Crippen molar-refractivity contribution in [3.05, 3.63) is 11.5 Å². The third-order valence-electron chi connectivity index (χ3n) is 7.09. The first-order valence-corrected chi connectivity index (χ1v) is 14.0. The molecular formula is C28H54N4O2. The van der Waals surface area contributed by atoms with Crippen molar-refractivity contribution in [2.24, 2.45) is 29.4 Å². The number of amides is 1. The molecule has 1 rings (SSSR count). The molecule has 0 aromatic carbocycles. The molecule has 6 heteroatoms. The van der Waals surface area contributed by atoms with E-state index < -0.39 is 0 Å². The number of rotatable bonds is 18. The topological polar surface area (TPSA) is 100 Å². The molecule has 0 spiro atoms. The molecule has 1 amide bonds. The van der Waals surface area contributed by atoms with Gasteiger partial charge in [-0.2, -0.15) is 0 Å². The number of ether oxygens (including phenoxy) is 1. The van der Waals surface area contributed by atoms with Crippen LogP contribution in [0.3, 0.4) is 0 Å². The Labute approximate surface area is 209 Å². The van der Waals surface area contributed by atoms with Crippen LogP contribution >= 0.6 is 0 Å². The van der Waals surface area contributed by atoms with Gasteiger partial charge < -0.3 is 26.5 Å². The number of hydrogen-bond donors (Lipinski definition) is 4. The predicted octanol–water partition coefficient (Wildman–Crippen LogP) is 5.77. The van der Waals surface area contributed by atoms with Crippen molar-refractivity contribution >= 4 is 12.1 Å². The van der Waals surface area contributed by atoms with Crippen LogP contribution in [0.1, 0.15) is 105 Å². The number of carbonyl (C=O) groups excluding carboxylic acids is 1. The molecule has 0 bridgehead atoms. The van der Waals surface area contributed by atoms with Gasteiger partial charge in [-0.15, -0.1) is 0 Å². The second-order valence-electron chi connectivity index (χ2n) is 10.8. The standard InChI is InChI=1S/C28H54N4O2/c1-6-11-25(16-21(3)4)17-22(5)32-27(33)26(18-30)28(31-19-23(7-2)14-15-29)34-20-24-12-9-8-10-13-24/h18,21-25,30-31H,6-17,19-20,29H2,1-5H3,(H,32,33)/b28-26-,30-18?. The Hall–Kier alpha value is -1.56. The van der Waals surface area contributed by atoms with E-state index in [0.717, 1.165) is 31.9 Å². The van der Waals surface area contributed by atoms with E-state index in [0.29, 0.717) is 54.8 Å². The lowest BCUT2D eigenvalue weighted by molar-refractivity contribution is -0.117. The second-order valence-corrected chi connectivity index (χ2v) is 10.8. The van der Waals surface area contributed by atoms with Crippen molar-refractivity contribution in [1.82, 2.24) is 10.6 Å². The average Bonchev–Trinajstić information content (AvgIpc) is 2.80. The van der Waals surface area contributed by atoms with E-state index in [1.165, 1.54) is 44.9 Å². The lowest BCUT2D eigenvalue weighted by atomic mass is 9.88. The van der Waals surface area contributed by atoms with Crippen molar-refractivity contribution in [3.63, 3.8) is 0 Å². The van der Waals surface area contributed by atoms with Crippen LogP contribution in [-0.2, 0) is 9.53 Å². The molecule has 3 atom stereocenters. The van der Waals surface area contributed by atoms with E-state index in [4.69, 9.17) is 15.9 Å². The van der Waals surface area contributed by atoms with E-state index in [1.54, 1.807) is 0 Å². The van der Waals surface area contributed by atoms with Gasteiger partial charge >= 0.3 is 0 Å². The third-order valence-corrected chi connectivity index (χ3v) is 7.09. The predicted molar refractivity (Wildman–Crippen MR) is 144 cm³/mol. The first-order chi connectivity index (χ1) is 16.3. The zero-order valence-corrected chi connectivity index (χ0v) is 22.8. The minimum absolute atomic E-state index is 0.0537. The lowest BCUT2D eigenvalue weighted by Crippen LogP contribution is -2.38. The molecule has 6 nitrogen and oxygen atoms in total. The lowest BCUT2D eigenvalue weighted by Gasteiger charge is -2.26. The van der Waals surface area contributed by atoms with Gasteiger partial charge in [0.2, 0.25) is 5.88 Å². The van der Waals surface area contributed by atoms with E-state index >= 15 is 0 Å². The maximum atomic E-state index is 13.2. The van der Waals surface area contributed by atoms with Crippen molar-refractivity contribution in [1.29, 1.82) is 5.41 Å². The highest BCUT2D eigenvalue weighted by molar-refractivity contribution is 6.11. The Morgan fingerprint density at radius 3 is 2.35 bits per heavy atom. The van der Waals surface area contributed by atoms with Gasteiger partial charge in [0, 0.05) is 18.8 Å². The molecule has 1 fully saturated rings. The molecule has 0 aliphatic heterocycles. The van der Waals surface area contributed by atoms with E-state index in [-0.39, 0.29) is 11.9 Å². The van der Waals surface area contributed by atoms with Crippen molar-refractivity contribution in [2.75, 3.05) is 19.7 Å². The molecule has 0 heterocycles. The van der Waals surface area contributed by atoms with Gasteiger partial charge in [0.25, 0.3) is 5.91 Å². The van der Waals surface area contributed by atoms with Crippen LogP contribution in [-0.4, -0.2) is 37.9 Å². The molecular weight excluding hydrogens is 424 g/mol. The zero-order valence-electron chi connectivity index (χ0n) is 22.8. The summed E-state index contributed by atoms with van der Waals surface area (Å²) in [6.45, 7) is 12.9. The highest BCUT2D eigenvalue weighted by atomic mass is 16.5. The van der Waals surface area contributed by atoms with Crippen molar-refractivity contribution < 1.29 is 9.53 Å². The van der Waals surface area contributed by atoms with Crippen LogP contribution in [0.25, 0.3) is 0 Å². The molecule has 1 saturated carbocycles. The van der Waals surface area contributed by atoms with Crippen LogP contribution in [0.15, 0.2) is 11.5 Å². The molecule has 0 radical (unpaired) electrons. The zero-order chi connectivity index (χ0) is 25.3. The maximum absolute atomic E-state index is 13.2. The summed E-state index contributed by atoms with van der Waals surface area (Å²) in [7, 11) is 0. The van der Waals surface area contributed by atoms with Crippen LogP contribution in [0, 0.1) is 29.1 Å². The molecule has 34 heavy (non-hydrogen) atoms. The Morgan fingerprint density at radius 1 is 1.09 bits per heavy atom. The van der Waals surface area contributed by atoms with Gasteiger partial charge in [0.15, 0.2) is 0 Å². The summed E-state index contributed by atoms with van der Waals surface area (Å²) in [5.74, 6) is 2.43. The van der Waals surface area contributed by atoms with Gasteiger partial charge in [0.1, 0.15) is 5.57 Å². The number of hydrogen-bond acceptors (Lipinski definition) is 5. The van der Waals surface area contributed by atoms with Crippen LogP contribution in [0.2, 0.25) is 0 Å². The van der Waals surface area contributed by atoms with E-state index in [2.05, 4.69) is 45.3 Å². The summed E-state index contributed by atoms with van der Waals surface area (Å²) >= 11 is 0. The average molecular weight is 479 g/mol. The molecule has 0 aromatic rings. The Bertz CT molecular complexity index is 588. The molecule has 0 saturated heterocycles. The Morgan fingerprint density at radius 2 is 1.79 bits per heavy atom. The van der Waals surface area contributed by atoms with E-state index in [1.807, 2.05) is 0 Å². The quantitative estimate of drug-likeness (QED) is 0.114. The molecule has 0 aromatic heterocycles. The van der Waals surface area contributed by atoms with Gasteiger partial charge in [0.05, 0.1) is 6.61 Å². The molecule has 1 aliphatic rings. The highest BCUT2D eigenvalue weighted by Gasteiger charge is 2.22. The summed E-state index contributed by atoms with van der Waals surface area (Å²) in [6, 6.07) is 0.0537. The van der Waals surface area contributed by atoms with Gasteiger partial charge in [-0.05, 0) is 69.2 Å². The number of nitrogens with two attached hydrogens (primary N) is 1. The molecule has 1 aliphatic carbocycles. The first-order valence-electron chi connectivity index (χ1n) is 14.0. The SMILES string of the molecule is CCCC(CC(C)C)CC(C)NC(=O)/C(C=N)=C(/NCC(CC)CCN)OCC1CCCCC1. The minimum atomic E-state index is -0.222. The van der Waals surface area contributed by atoms with E-state index in [9.17, 15) is 4.79 Å². The van der Waals surface area contributed by atoms with Crippen LogP contribution in [0.5, 0.6) is 0 Å². The van der Waals surface area contributed by atoms with Crippen LogP contribution < -0.4 is 16.4 Å². The minimum Gasteiger partial charge on any atom is -0.478 e. The summed E-state index contributed by atoms with van der Waals surface area (Å²) in [5, 5.41) is 14.5. The molecule has 3 unspecified atom stereocenters. The fourth-order valence-electron chi connectivity index (χ4n) is 5.20. The summed E-state index contributed by atoms with van der Waals surface area (Å²) in [4.78, 5) is 13.2. The monoisotopic (exact) mass is 478 g/mol. The largest absolute Gasteiger partial charge is 0.478 e. The highest BCUT2D eigenvalue weighted by Crippen LogP contribution is 2.25. The smallest absolute Gasteiger partial charge is 0.258 e. The summed E-state index contributed by atoms with van der Waals surface area (Å²) in [5.41, 5.74) is 6.07. The number of nitrogens with one attached hydrogen (secondary N) is 3. The fourth-order valence-corrected chi connectivity index (χ4v) is 5.20. The van der Waals surface area contributed by atoms with Crippen molar-refractivity contribution in [2.45, 2.75) is 111 Å². The number of carbonyl (C=O) groups is 1. The fraction of sp³-hybridized carbons (Fsp3) is 0.857. The maximum Gasteiger partial charge on any atom is 0.258 e. The van der Waals surface area contributed by atoms with Gasteiger partial charge in [-0.3, -0.25) is 4.79 Å². The third kappa shape index (κ3) is 12.2. The van der Waals surface area contributed by atoms with Gasteiger partial charge in [-0.1, -0.05) is 66.2 Å². The van der Waals surface area contributed by atoms with Gasteiger partial charge in [-0.25, -0.2) is 0 Å². The summed E-state index contributed by atoms with van der Waals surface area (Å²) in [6.07, 6.45) is 13.7. The second kappa shape index (κ2) is 17.8. The van der Waals surface area contributed by atoms with Crippen molar-refractivity contribution in [3.8, 4) is 0 Å².